The minimum absolute atomic E-state index is 0.452. The third-order valence-electron chi connectivity index (χ3n) is 2.68. The molecule has 1 aromatic carbocycles. The second-order valence-corrected chi connectivity index (χ2v) is 5.92. The Morgan fingerprint density at radius 1 is 1.44 bits per heavy atom. The molecule has 96 valence electrons. The number of aromatic carboxylic acids is 1. The monoisotopic (exact) mass is 281 g/mol. The number of carboxylic acids is 1. The van der Waals surface area contributed by atoms with Gasteiger partial charge in [0, 0.05) is 23.5 Å². The fourth-order valence-corrected chi connectivity index (χ4v) is 3.24. The lowest BCUT2D eigenvalue weighted by Gasteiger charge is -2.04. The number of fused-ring (bicyclic) bond motifs is 1. The van der Waals surface area contributed by atoms with E-state index in [1.807, 2.05) is 24.3 Å². The highest BCUT2D eigenvalue weighted by atomic mass is 32.2. The van der Waals surface area contributed by atoms with E-state index in [1.165, 1.54) is 11.3 Å². The summed E-state index contributed by atoms with van der Waals surface area (Å²) < 4.78 is 1.04. The van der Waals surface area contributed by atoms with Crippen molar-refractivity contribution in [3.8, 4) is 0 Å². The van der Waals surface area contributed by atoms with Gasteiger partial charge in [-0.05, 0) is 23.3 Å². The van der Waals surface area contributed by atoms with Gasteiger partial charge in [0.2, 0.25) is 0 Å². The Morgan fingerprint density at radius 2 is 2.22 bits per heavy atom. The number of benzene rings is 1. The summed E-state index contributed by atoms with van der Waals surface area (Å²) >= 11 is 3.13. The molecule has 3 nitrogen and oxygen atoms in total. The van der Waals surface area contributed by atoms with Crippen LogP contribution in [0.25, 0.3) is 10.1 Å². The molecular formula is C13H15NO2S2. The largest absolute Gasteiger partial charge is 0.477 e. The first-order valence-corrected chi connectivity index (χ1v) is 7.88. The number of hydrogen-bond donors (Lipinski definition) is 2. The van der Waals surface area contributed by atoms with Crippen LogP contribution in [-0.2, 0) is 6.54 Å². The summed E-state index contributed by atoms with van der Waals surface area (Å²) in [7, 11) is 0. The first-order valence-electron chi connectivity index (χ1n) is 5.67. The molecule has 0 atom stereocenters. The zero-order valence-corrected chi connectivity index (χ0v) is 11.7. The Morgan fingerprint density at radius 3 is 2.94 bits per heavy atom. The Hall–Kier alpha value is -1.04. The smallest absolute Gasteiger partial charge is 0.346 e. The molecule has 0 saturated carbocycles. The van der Waals surface area contributed by atoms with Crippen LogP contribution in [0.4, 0.5) is 0 Å². The van der Waals surface area contributed by atoms with Gasteiger partial charge in [-0.2, -0.15) is 11.8 Å². The molecule has 5 heteroatoms. The average molecular weight is 281 g/mol. The molecule has 2 rings (SSSR count). The molecule has 0 aliphatic carbocycles. The van der Waals surface area contributed by atoms with Gasteiger partial charge in [0.25, 0.3) is 0 Å². The molecule has 0 radical (unpaired) electrons. The molecule has 0 unspecified atom stereocenters. The second-order valence-electron chi connectivity index (χ2n) is 3.88. The molecular weight excluding hydrogens is 266 g/mol. The number of carbonyl (C=O) groups is 1. The van der Waals surface area contributed by atoms with Crippen LogP contribution in [0.1, 0.15) is 15.2 Å². The minimum Gasteiger partial charge on any atom is -0.477 e. The predicted molar refractivity (Wildman–Crippen MR) is 78.9 cm³/mol. The number of thiophene rings is 1. The zero-order chi connectivity index (χ0) is 13.0. The number of nitrogens with one attached hydrogen (secondary N) is 1. The van der Waals surface area contributed by atoms with Crippen LogP contribution >= 0.6 is 23.1 Å². The lowest BCUT2D eigenvalue weighted by Crippen LogP contribution is -2.17. The lowest BCUT2D eigenvalue weighted by atomic mass is 10.1. The first kappa shape index (κ1) is 13.4. The van der Waals surface area contributed by atoms with Crippen molar-refractivity contribution in [1.82, 2.24) is 5.32 Å². The van der Waals surface area contributed by atoms with E-state index in [0.717, 1.165) is 27.9 Å². The van der Waals surface area contributed by atoms with Gasteiger partial charge in [0.1, 0.15) is 4.88 Å². The van der Waals surface area contributed by atoms with E-state index in [2.05, 4.69) is 11.6 Å². The SMILES string of the molecule is CSCCNCc1c(C(=O)O)sc2ccccc12. The third kappa shape index (κ3) is 2.85. The van der Waals surface area contributed by atoms with Crippen molar-refractivity contribution in [2.75, 3.05) is 18.6 Å². The van der Waals surface area contributed by atoms with Crippen LogP contribution in [0, 0.1) is 0 Å². The Balaban J connectivity index is 2.27. The van der Waals surface area contributed by atoms with Crippen molar-refractivity contribution < 1.29 is 9.90 Å². The lowest BCUT2D eigenvalue weighted by molar-refractivity contribution is 0.0701. The van der Waals surface area contributed by atoms with Gasteiger partial charge in [0.15, 0.2) is 0 Å². The van der Waals surface area contributed by atoms with E-state index in [4.69, 9.17) is 0 Å². The maximum absolute atomic E-state index is 11.3. The summed E-state index contributed by atoms with van der Waals surface area (Å²) in [6, 6.07) is 7.85. The highest BCUT2D eigenvalue weighted by molar-refractivity contribution is 7.98. The molecule has 0 aliphatic rings. The number of rotatable bonds is 6. The summed E-state index contributed by atoms with van der Waals surface area (Å²) in [6.07, 6.45) is 2.06. The van der Waals surface area contributed by atoms with Gasteiger partial charge in [-0.25, -0.2) is 4.79 Å². The van der Waals surface area contributed by atoms with Crippen molar-refractivity contribution >= 4 is 39.2 Å². The zero-order valence-electron chi connectivity index (χ0n) is 10.1. The number of thioether (sulfide) groups is 1. The normalized spacial score (nSPS) is 10.9. The maximum atomic E-state index is 11.3. The Labute approximate surface area is 114 Å². The molecule has 1 aromatic heterocycles. The third-order valence-corrected chi connectivity index (χ3v) is 4.49. The van der Waals surface area contributed by atoms with E-state index >= 15 is 0 Å². The summed E-state index contributed by atoms with van der Waals surface area (Å²) in [5, 5.41) is 13.6. The first-order chi connectivity index (χ1) is 8.74. The van der Waals surface area contributed by atoms with Crippen LogP contribution < -0.4 is 5.32 Å². The fourth-order valence-electron chi connectivity index (χ4n) is 1.83. The quantitative estimate of drug-likeness (QED) is 0.799. The van der Waals surface area contributed by atoms with Crippen LogP contribution in [0.2, 0.25) is 0 Å². The molecule has 0 spiro atoms. The van der Waals surface area contributed by atoms with Crippen LogP contribution in [0.3, 0.4) is 0 Å². The molecule has 0 saturated heterocycles. The van der Waals surface area contributed by atoms with E-state index in [9.17, 15) is 9.90 Å². The van der Waals surface area contributed by atoms with Crippen LogP contribution in [0.15, 0.2) is 24.3 Å². The highest BCUT2D eigenvalue weighted by Crippen LogP contribution is 2.31. The second kappa shape index (κ2) is 6.22. The average Bonchev–Trinajstić information content (AvgIpc) is 2.74. The van der Waals surface area contributed by atoms with Crippen molar-refractivity contribution in [2.24, 2.45) is 0 Å². The molecule has 0 aliphatic heterocycles. The highest BCUT2D eigenvalue weighted by Gasteiger charge is 2.16. The van der Waals surface area contributed by atoms with Gasteiger partial charge in [-0.1, -0.05) is 18.2 Å². The van der Waals surface area contributed by atoms with Gasteiger partial charge in [-0.3, -0.25) is 0 Å². The molecule has 0 bridgehead atoms. The van der Waals surface area contributed by atoms with E-state index in [-0.39, 0.29) is 0 Å². The van der Waals surface area contributed by atoms with Gasteiger partial charge >= 0.3 is 5.97 Å². The molecule has 2 N–H and O–H groups in total. The van der Waals surface area contributed by atoms with Gasteiger partial charge < -0.3 is 10.4 Å². The topological polar surface area (TPSA) is 49.3 Å². The van der Waals surface area contributed by atoms with Crippen LogP contribution in [-0.4, -0.2) is 29.6 Å². The van der Waals surface area contributed by atoms with Gasteiger partial charge in [0.05, 0.1) is 0 Å². The van der Waals surface area contributed by atoms with Crippen molar-refractivity contribution in [3.05, 3.63) is 34.7 Å². The Kier molecular flexibility index (Phi) is 4.63. The van der Waals surface area contributed by atoms with Crippen LogP contribution in [0.5, 0.6) is 0 Å². The van der Waals surface area contributed by atoms with E-state index in [1.54, 1.807) is 11.8 Å². The van der Waals surface area contributed by atoms with Crippen molar-refractivity contribution in [3.63, 3.8) is 0 Å². The van der Waals surface area contributed by atoms with Crippen molar-refractivity contribution in [2.45, 2.75) is 6.54 Å². The van der Waals surface area contributed by atoms with E-state index in [0.29, 0.717) is 11.4 Å². The van der Waals surface area contributed by atoms with Crippen molar-refractivity contribution in [1.29, 1.82) is 0 Å². The summed E-state index contributed by atoms with van der Waals surface area (Å²) in [6.45, 7) is 1.51. The molecule has 1 heterocycles. The maximum Gasteiger partial charge on any atom is 0.346 e. The minimum atomic E-state index is -0.835. The molecule has 0 fully saturated rings. The molecule has 18 heavy (non-hydrogen) atoms. The summed E-state index contributed by atoms with van der Waals surface area (Å²) in [4.78, 5) is 11.7. The number of hydrogen-bond acceptors (Lipinski definition) is 4. The molecule has 0 amide bonds. The standard InChI is InChI=1S/C13H15NO2S2/c1-17-7-6-14-8-10-9-4-2-3-5-11(9)18-12(10)13(15)16/h2-5,14H,6-8H2,1H3,(H,15,16). The summed E-state index contributed by atoms with van der Waals surface area (Å²) in [5.41, 5.74) is 0.907. The summed E-state index contributed by atoms with van der Waals surface area (Å²) in [5.74, 6) is 0.197. The fraction of sp³-hybridized carbons (Fsp3) is 0.308. The predicted octanol–water partition coefficient (Wildman–Crippen LogP) is 3.05. The van der Waals surface area contributed by atoms with E-state index < -0.39 is 5.97 Å². The Bertz CT molecular complexity index is 551. The van der Waals surface area contributed by atoms with Gasteiger partial charge in [-0.15, -0.1) is 11.3 Å². The molecule has 2 aromatic rings. The number of carboxylic acid groups (broad SMARTS) is 1.